The molecule has 0 aromatic heterocycles. The first-order valence-electron chi connectivity index (χ1n) is 8.00. The number of para-hydroxylation sites is 1. The molecule has 25 heavy (non-hydrogen) atoms. The number of hydrogen-bond donors (Lipinski definition) is 2. The van der Waals surface area contributed by atoms with Crippen LogP contribution < -0.4 is 20.1 Å². The van der Waals surface area contributed by atoms with Crippen LogP contribution in [0.3, 0.4) is 0 Å². The van der Waals surface area contributed by atoms with Gasteiger partial charge in [0.15, 0.2) is 0 Å². The maximum atomic E-state index is 12.1. The number of ether oxygens (including phenoxy) is 2. The maximum absolute atomic E-state index is 12.1. The molecule has 0 spiro atoms. The minimum atomic E-state index is -0.0645. The molecule has 2 aromatic rings. The Bertz CT molecular complexity index is 722. The number of rotatable bonds is 8. The van der Waals surface area contributed by atoms with E-state index in [1.54, 1.807) is 14.2 Å². The van der Waals surface area contributed by atoms with Crippen LogP contribution in [-0.4, -0.2) is 26.7 Å². The van der Waals surface area contributed by atoms with Crippen molar-refractivity contribution < 1.29 is 14.3 Å². The molecule has 0 saturated heterocycles. The van der Waals surface area contributed by atoms with Gasteiger partial charge in [-0.05, 0) is 46.6 Å². The molecule has 0 fully saturated rings. The minimum Gasteiger partial charge on any atom is -0.496 e. The van der Waals surface area contributed by atoms with Gasteiger partial charge in [0, 0.05) is 18.2 Å². The Labute approximate surface area is 156 Å². The first-order valence-corrected chi connectivity index (χ1v) is 8.80. The highest BCUT2D eigenvalue weighted by atomic mass is 79.9. The summed E-state index contributed by atoms with van der Waals surface area (Å²) in [6.45, 7) is 2.69. The van der Waals surface area contributed by atoms with Gasteiger partial charge >= 0.3 is 0 Å². The van der Waals surface area contributed by atoms with Gasteiger partial charge < -0.3 is 20.1 Å². The standard InChI is InChI=1S/C19H23BrN2O3/c1-13(14-8-9-18(25-3)16(20)10-14)21-12-19(23)22-11-15-6-4-5-7-17(15)24-2/h4-10,13,21H,11-12H2,1-3H3,(H,22,23)/t13-/m0/s1. The Morgan fingerprint density at radius 2 is 1.84 bits per heavy atom. The van der Waals surface area contributed by atoms with Crippen molar-refractivity contribution in [3.05, 3.63) is 58.1 Å². The molecule has 1 atom stereocenters. The lowest BCUT2D eigenvalue weighted by molar-refractivity contribution is -0.120. The van der Waals surface area contributed by atoms with Crippen molar-refractivity contribution in [2.24, 2.45) is 0 Å². The van der Waals surface area contributed by atoms with Crippen molar-refractivity contribution >= 4 is 21.8 Å². The molecular formula is C19H23BrN2O3. The molecule has 1 amide bonds. The molecular weight excluding hydrogens is 384 g/mol. The lowest BCUT2D eigenvalue weighted by Gasteiger charge is -2.16. The Morgan fingerprint density at radius 1 is 1.12 bits per heavy atom. The zero-order chi connectivity index (χ0) is 18.2. The van der Waals surface area contributed by atoms with Crippen molar-refractivity contribution in [3.8, 4) is 11.5 Å². The molecule has 0 bridgehead atoms. The fourth-order valence-corrected chi connectivity index (χ4v) is 2.98. The van der Waals surface area contributed by atoms with Crippen LogP contribution in [0.4, 0.5) is 0 Å². The maximum Gasteiger partial charge on any atom is 0.234 e. The molecule has 0 radical (unpaired) electrons. The number of methoxy groups -OCH3 is 2. The summed E-state index contributed by atoms with van der Waals surface area (Å²) in [5, 5.41) is 6.12. The van der Waals surface area contributed by atoms with E-state index in [-0.39, 0.29) is 18.5 Å². The molecule has 0 heterocycles. The van der Waals surface area contributed by atoms with E-state index in [1.807, 2.05) is 49.4 Å². The quantitative estimate of drug-likeness (QED) is 0.704. The summed E-state index contributed by atoms with van der Waals surface area (Å²) in [6.07, 6.45) is 0. The molecule has 0 aliphatic heterocycles. The SMILES string of the molecule is COc1ccc([C@H](C)NCC(=O)NCc2ccccc2OC)cc1Br. The Hall–Kier alpha value is -2.05. The monoisotopic (exact) mass is 406 g/mol. The van der Waals surface area contributed by atoms with E-state index in [9.17, 15) is 4.79 Å². The van der Waals surface area contributed by atoms with Crippen LogP contribution in [0, 0.1) is 0 Å². The number of carbonyl (C=O) groups is 1. The fourth-order valence-electron chi connectivity index (χ4n) is 2.42. The second-order valence-corrected chi connectivity index (χ2v) is 6.44. The molecule has 6 heteroatoms. The lowest BCUT2D eigenvalue weighted by atomic mass is 10.1. The summed E-state index contributed by atoms with van der Waals surface area (Å²) in [4.78, 5) is 12.1. The van der Waals surface area contributed by atoms with Crippen molar-refractivity contribution in [1.29, 1.82) is 0 Å². The zero-order valence-electron chi connectivity index (χ0n) is 14.6. The highest BCUT2D eigenvalue weighted by Gasteiger charge is 2.10. The predicted molar refractivity (Wildman–Crippen MR) is 102 cm³/mol. The van der Waals surface area contributed by atoms with Gasteiger partial charge in [0.25, 0.3) is 0 Å². The third kappa shape index (κ3) is 5.47. The number of amides is 1. The lowest BCUT2D eigenvalue weighted by Crippen LogP contribution is -2.34. The highest BCUT2D eigenvalue weighted by Crippen LogP contribution is 2.27. The zero-order valence-corrected chi connectivity index (χ0v) is 16.2. The van der Waals surface area contributed by atoms with Crippen LogP contribution in [0.1, 0.15) is 24.1 Å². The summed E-state index contributed by atoms with van der Waals surface area (Å²) >= 11 is 3.48. The van der Waals surface area contributed by atoms with E-state index in [0.717, 1.165) is 27.1 Å². The van der Waals surface area contributed by atoms with E-state index in [4.69, 9.17) is 9.47 Å². The van der Waals surface area contributed by atoms with E-state index in [1.165, 1.54) is 0 Å². The van der Waals surface area contributed by atoms with Crippen LogP contribution >= 0.6 is 15.9 Å². The van der Waals surface area contributed by atoms with E-state index >= 15 is 0 Å². The van der Waals surface area contributed by atoms with E-state index < -0.39 is 0 Å². The second kappa shape index (κ2) is 9.44. The summed E-state index contributed by atoms with van der Waals surface area (Å²) in [6, 6.07) is 13.6. The molecule has 0 aliphatic rings. The highest BCUT2D eigenvalue weighted by molar-refractivity contribution is 9.10. The van der Waals surface area contributed by atoms with Gasteiger partial charge in [-0.25, -0.2) is 0 Å². The van der Waals surface area contributed by atoms with Crippen molar-refractivity contribution in [2.75, 3.05) is 20.8 Å². The summed E-state index contributed by atoms with van der Waals surface area (Å²) in [5.74, 6) is 1.49. The van der Waals surface area contributed by atoms with Gasteiger partial charge in [0.1, 0.15) is 11.5 Å². The molecule has 0 aliphatic carbocycles. The van der Waals surface area contributed by atoms with Crippen LogP contribution in [0.25, 0.3) is 0 Å². The fraction of sp³-hybridized carbons (Fsp3) is 0.316. The third-order valence-corrected chi connectivity index (χ3v) is 4.53. The van der Waals surface area contributed by atoms with Gasteiger partial charge in [0.2, 0.25) is 5.91 Å². The molecule has 2 rings (SSSR count). The van der Waals surface area contributed by atoms with Crippen LogP contribution in [0.15, 0.2) is 46.9 Å². The van der Waals surface area contributed by atoms with E-state index in [0.29, 0.717) is 6.54 Å². The average molecular weight is 407 g/mol. The largest absolute Gasteiger partial charge is 0.496 e. The Balaban J connectivity index is 1.84. The first-order chi connectivity index (χ1) is 12.0. The van der Waals surface area contributed by atoms with E-state index in [2.05, 4.69) is 26.6 Å². The molecule has 0 saturated carbocycles. The Morgan fingerprint density at radius 3 is 2.52 bits per heavy atom. The van der Waals surface area contributed by atoms with Crippen molar-refractivity contribution in [2.45, 2.75) is 19.5 Å². The minimum absolute atomic E-state index is 0.0409. The van der Waals surface area contributed by atoms with Crippen molar-refractivity contribution in [1.82, 2.24) is 10.6 Å². The number of halogens is 1. The topological polar surface area (TPSA) is 59.6 Å². The number of nitrogens with one attached hydrogen (secondary N) is 2. The number of carbonyl (C=O) groups excluding carboxylic acids is 1. The van der Waals surface area contributed by atoms with Gasteiger partial charge in [-0.3, -0.25) is 4.79 Å². The van der Waals surface area contributed by atoms with Gasteiger partial charge in [-0.2, -0.15) is 0 Å². The number of hydrogen-bond acceptors (Lipinski definition) is 4. The molecule has 2 N–H and O–H groups in total. The third-order valence-electron chi connectivity index (χ3n) is 3.91. The number of benzene rings is 2. The van der Waals surface area contributed by atoms with Gasteiger partial charge in [-0.1, -0.05) is 24.3 Å². The molecule has 0 unspecified atom stereocenters. The summed E-state index contributed by atoms with van der Waals surface area (Å²) in [7, 11) is 3.25. The smallest absolute Gasteiger partial charge is 0.234 e. The van der Waals surface area contributed by atoms with Crippen LogP contribution in [0.2, 0.25) is 0 Å². The average Bonchev–Trinajstić information content (AvgIpc) is 2.64. The molecule has 134 valence electrons. The molecule has 2 aromatic carbocycles. The Kier molecular flexibility index (Phi) is 7.28. The van der Waals surface area contributed by atoms with Crippen molar-refractivity contribution in [3.63, 3.8) is 0 Å². The summed E-state index contributed by atoms with van der Waals surface area (Å²) < 4.78 is 11.4. The van der Waals surface area contributed by atoms with Crippen LogP contribution in [0.5, 0.6) is 11.5 Å². The second-order valence-electron chi connectivity index (χ2n) is 5.59. The van der Waals surface area contributed by atoms with Gasteiger partial charge in [-0.15, -0.1) is 0 Å². The normalized spacial score (nSPS) is 11.7. The molecule has 5 nitrogen and oxygen atoms in total. The van der Waals surface area contributed by atoms with Gasteiger partial charge in [0.05, 0.1) is 25.2 Å². The van der Waals surface area contributed by atoms with Crippen LogP contribution in [-0.2, 0) is 11.3 Å². The summed E-state index contributed by atoms with van der Waals surface area (Å²) in [5.41, 5.74) is 2.02. The predicted octanol–water partition coefficient (Wildman–Crippen LogP) is 3.43. The first kappa shape index (κ1) is 19.3.